The molecule has 7 nitrogen and oxygen atoms in total. The maximum Gasteiger partial charge on any atom is 0.250 e. The van der Waals surface area contributed by atoms with E-state index in [9.17, 15) is 4.79 Å². The Morgan fingerprint density at radius 3 is 2.86 bits per heavy atom. The van der Waals surface area contributed by atoms with Crippen molar-refractivity contribution in [3.8, 4) is 17.1 Å². The van der Waals surface area contributed by atoms with Crippen LogP contribution < -0.4 is 15.8 Å². The van der Waals surface area contributed by atoms with Crippen molar-refractivity contribution in [3.63, 3.8) is 0 Å². The Hall–Kier alpha value is -2.87. The third kappa shape index (κ3) is 2.93. The van der Waals surface area contributed by atoms with E-state index in [4.69, 9.17) is 15.5 Å². The van der Waals surface area contributed by atoms with E-state index < -0.39 is 5.91 Å². The van der Waals surface area contributed by atoms with Crippen LogP contribution in [-0.2, 0) is 19.9 Å². The molecule has 3 N–H and O–H groups in total. The number of hydrogen-bond acceptors (Lipinski definition) is 5. The normalized spacial score (nSPS) is 12.3. The van der Waals surface area contributed by atoms with Crippen molar-refractivity contribution in [1.29, 1.82) is 0 Å². The second kappa shape index (κ2) is 6.94. The summed E-state index contributed by atoms with van der Waals surface area (Å²) in [5.41, 5.74) is 11.6. The summed E-state index contributed by atoms with van der Waals surface area (Å²) < 4.78 is 8.34. The molecule has 1 aliphatic rings. The highest BCUT2D eigenvalue weighted by atomic mass is 79.9. The molecule has 3 aromatic rings. The van der Waals surface area contributed by atoms with Gasteiger partial charge in [-0.2, -0.15) is 0 Å². The molecule has 0 aliphatic heterocycles. The second-order valence-corrected chi connectivity index (χ2v) is 7.66. The Labute approximate surface area is 171 Å². The quantitative estimate of drug-likeness (QED) is 0.645. The molecule has 0 spiro atoms. The predicted molar refractivity (Wildman–Crippen MR) is 111 cm³/mol. The lowest BCUT2D eigenvalue weighted by molar-refractivity contribution is 0.0999. The van der Waals surface area contributed by atoms with Crippen LogP contribution in [0.2, 0.25) is 0 Å². The Morgan fingerprint density at radius 2 is 2.14 bits per heavy atom. The minimum atomic E-state index is -0.398. The molecular formula is C20H20BrN5O2. The first-order valence-corrected chi connectivity index (χ1v) is 9.64. The van der Waals surface area contributed by atoms with E-state index in [2.05, 4.69) is 26.2 Å². The molecule has 1 aromatic carbocycles. The molecule has 28 heavy (non-hydrogen) atoms. The third-order valence-corrected chi connectivity index (χ3v) is 5.67. The Kier molecular flexibility index (Phi) is 4.58. The number of amides is 1. The molecule has 4 rings (SSSR count). The second-order valence-electron chi connectivity index (χ2n) is 6.75. The zero-order valence-electron chi connectivity index (χ0n) is 15.8. The van der Waals surface area contributed by atoms with Gasteiger partial charge >= 0.3 is 0 Å². The number of anilines is 2. The van der Waals surface area contributed by atoms with Crippen molar-refractivity contribution in [3.05, 3.63) is 51.3 Å². The number of nitrogens with two attached hydrogens (primary N) is 1. The molecule has 0 unspecified atom stereocenters. The molecule has 0 atom stereocenters. The number of nitrogens with zero attached hydrogens (tertiary/aromatic N) is 3. The fourth-order valence-corrected chi connectivity index (χ4v) is 4.09. The number of carbonyl (C=O) groups is 1. The monoisotopic (exact) mass is 441 g/mol. The number of hydrogen-bond donors (Lipinski definition) is 2. The van der Waals surface area contributed by atoms with E-state index in [-0.39, 0.29) is 0 Å². The highest BCUT2D eigenvalue weighted by Crippen LogP contribution is 2.37. The number of carbonyl (C=O) groups excluding carboxylic acids is 1. The van der Waals surface area contributed by atoms with Gasteiger partial charge in [-0.15, -0.1) is 0 Å². The van der Waals surface area contributed by atoms with Gasteiger partial charge in [-0.05, 0) is 49.1 Å². The van der Waals surface area contributed by atoms with Gasteiger partial charge in [0, 0.05) is 23.4 Å². The molecule has 0 radical (unpaired) electrons. The lowest BCUT2D eigenvalue weighted by Gasteiger charge is -2.19. The van der Waals surface area contributed by atoms with E-state index >= 15 is 0 Å². The van der Waals surface area contributed by atoms with Crippen LogP contribution in [0.1, 0.15) is 27.2 Å². The van der Waals surface area contributed by atoms with Crippen LogP contribution in [0.4, 0.5) is 11.6 Å². The van der Waals surface area contributed by atoms with Gasteiger partial charge in [0.1, 0.15) is 5.75 Å². The van der Waals surface area contributed by atoms with Crippen LogP contribution >= 0.6 is 15.9 Å². The number of primary amides is 1. The average Bonchev–Trinajstić information content (AvgIpc) is 2.94. The zero-order valence-corrected chi connectivity index (χ0v) is 17.4. The van der Waals surface area contributed by atoms with E-state index in [1.807, 2.05) is 42.9 Å². The van der Waals surface area contributed by atoms with Crippen molar-refractivity contribution in [1.82, 2.24) is 14.5 Å². The van der Waals surface area contributed by atoms with Gasteiger partial charge in [0.25, 0.3) is 5.91 Å². The molecule has 8 heteroatoms. The van der Waals surface area contributed by atoms with Crippen LogP contribution in [0.15, 0.2) is 28.9 Å². The Morgan fingerprint density at radius 1 is 1.36 bits per heavy atom. The van der Waals surface area contributed by atoms with Crippen molar-refractivity contribution in [2.45, 2.75) is 19.8 Å². The predicted octanol–water partition coefficient (Wildman–Crippen LogP) is 3.50. The standard InChI is InChI=1S/C20H20BrN5O2/c1-10-16(19(22)27)13-6-4-11-9-23-20(25-17(11)18(13)26(10)2)24-14-7-5-12(21)8-15(14)28-3/h5,7-9H,4,6H2,1-3H3,(H2,22,27)(H,23,24,25). The number of nitrogens with one attached hydrogen (secondary N) is 1. The van der Waals surface area contributed by atoms with Crippen LogP contribution in [0, 0.1) is 6.92 Å². The maximum absolute atomic E-state index is 12.0. The summed E-state index contributed by atoms with van der Waals surface area (Å²) in [6, 6.07) is 5.69. The summed E-state index contributed by atoms with van der Waals surface area (Å²) in [5, 5.41) is 3.23. The first-order valence-electron chi connectivity index (χ1n) is 8.85. The smallest absolute Gasteiger partial charge is 0.250 e. The first-order chi connectivity index (χ1) is 13.4. The van der Waals surface area contributed by atoms with Gasteiger partial charge in [-0.3, -0.25) is 4.79 Å². The number of benzene rings is 1. The molecule has 0 saturated heterocycles. The van der Waals surface area contributed by atoms with Crippen LogP contribution in [0.5, 0.6) is 5.75 Å². The minimum absolute atomic E-state index is 0.398. The van der Waals surface area contributed by atoms with Gasteiger partial charge in [-0.1, -0.05) is 15.9 Å². The number of ether oxygens (including phenoxy) is 1. The molecule has 2 aromatic heterocycles. The lowest BCUT2D eigenvalue weighted by atomic mass is 9.92. The minimum Gasteiger partial charge on any atom is -0.495 e. The molecular weight excluding hydrogens is 422 g/mol. The van der Waals surface area contributed by atoms with Gasteiger partial charge in [0.15, 0.2) is 0 Å². The molecule has 0 saturated carbocycles. The average molecular weight is 442 g/mol. The van der Waals surface area contributed by atoms with Crippen molar-refractivity contribution in [2.75, 3.05) is 12.4 Å². The van der Waals surface area contributed by atoms with Gasteiger partial charge in [0.05, 0.1) is 29.7 Å². The van der Waals surface area contributed by atoms with Gasteiger partial charge in [-0.25, -0.2) is 9.97 Å². The fraction of sp³-hybridized carbons (Fsp3) is 0.250. The SMILES string of the molecule is COc1cc(Br)ccc1Nc1ncc2c(n1)-c1c(c(C(N)=O)c(C)n1C)CC2. The highest BCUT2D eigenvalue weighted by molar-refractivity contribution is 9.10. The lowest BCUT2D eigenvalue weighted by Crippen LogP contribution is -2.16. The van der Waals surface area contributed by atoms with Gasteiger partial charge in [0.2, 0.25) is 5.95 Å². The largest absolute Gasteiger partial charge is 0.495 e. The summed E-state index contributed by atoms with van der Waals surface area (Å²) in [7, 11) is 3.55. The van der Waals surface area contributed by atoms with Crippen LogP contribution in [0.25, 0.3) is 11.4 Å². The number of methoxy groups -OCH3 is 1. The van der Waals surface area contributed by atoms with Gasteiger partial charge < -0.3 is 20.4 Å². The van der Waals surface area contributed by atoms with E-state index in [0.717, 1.165) is 51.2 Å². The summed E-state index contributed by atoms with van der Waals surface area (Å²) >= 11 is 3.44. The number of halogens is 1. The number of fused-ring (bicyclic) bond motifs is 3. The third-order valence-electron chi connectivity index (χ3n) is 5.18. The highest BCUT2D eigenvalue weighted by Gasteiger charge is 2.29. The fourth-order valence-electron chi connectivity index (χ4n) is 3.75. The molecule has 1 aliphatic carbocycles. The molecule has 1 amide bonds. The summed E-state index contributed by atoms with van der Waals surface area (Å²) in [6.07, 6.45) is 3.36. The molecule has 0 bridgehead atoms. The summed E-state index contributed by atoms with van der Waals surface area (Å²) in [4.78, 5) is 21.2. The number of aryl methyl sites for hydroxylation is 1. The zero-order chi connectivity index (χ0) is 20.0. The number of rotatable bonds is 4. The van der Waals surface area contributed by atoms with Crippen LogP contribution in [-0.4, -0.2) is 27.6 Å². The summed E-state index contributed by atoms with van der Waals surface area (Å²) in [5.74, 6) is 0.749. The van der Waals surface area contributed by atoms with Crippen molar-refractivity contribution in [2.24, 2.45) is 12.8 Å². The molecule has 144 valence electrons. The maximum atomic E-state index is 12.0. The van der Waals surface area contributed by atoms with E-state index in [1.54, 1.807) is 7.11 Å². The van der Waals surface area contributed by atoms with E-state index in [1.165, 1.54) is 0 Å². The van der Waals surface area contributed by atoms with Crippen molar-refractivity contribution < 1.29 is 9.53 Å². The number of aromatic nitrogens is 3. The van der Waals surface area contributed by atoms with Crippen LogP contribution in [0.3, 0.4) is 0 Å². The van der Waals surface area contributed by atoms with Crippen molar-refractivity contribution >= 4 is 33.5 Å². The summed E-state index contributed by atoms with van der Waals surface area (Å²) in [6.45, 7) is 1.91. The topological polar surface area (TPSA) is 95.1 Å². The Balaban J connectivity index is 1.80. The molecule has 0 fully saturated rings. The Bertz CT molecular complexity index is 1110. The van der Waals surface area contributed by atoms with E-state index in [0.29, 0.717) is 17.3 Å². The first kappa shape index (κ1) is 18.5. The molecule has 2 heterocycles.